The first-order chi connectivity index (χ1) is 6.63. The van der Waals surface area contributed by atoms with Crippen LogP contribution >= 0.6 is 15.9 Å². The molecule has 3 nitrogen and oxygen atoms in total. The number of aliphatic hydroxyl groups is 1. The molecule has 1 aromatic rings. The van der Waals surface area contributed by atoms with E-state index in [0.717, 1.165) is 15.9 Å². The van der Waals surface area contributed by atoms with Crippen LogP contribution in [0.15, 0.2) is 22.7 Å². The molecule has 0 heterocycles. The van der Waals surface area contributed by atoms with Gasteiger partial charge in [0.2, 0.25) is 0 Å². The second-order valence-electron chi connectivity index (χ2n) is 3.07. The largest absolute Gasteiger partial charge is 0.495 e. The van der Waals surface area contributed by atoms with Gasteiger partial charge in [0, 0.05) is 11.0 Å². The maximum atomic E-state index is 9.13. The van der Waals surface area contributed by atoms with Gasteiger partial charge in [0.1, 0.15) is 5.75 Å². The monoisotopic (exact) mass is 259 g/mol. The lowest BCUT2D eigenvalue weighted by Crippen LogP contribution is -2.15. The van der Waals surface area contributed by atoms with E-state index < -0.39 is 0 Å². The van der Waals surface area contributed by atoms with Gasteiger partial charge in [0.25, 0.3) is 0 Å². The molecule has 0 spiro atoms. The highest BCUT2D eigenvalue weighted by Crippen LogP contribution is 2.27. The van der Waals surface area contributed by atoms with E-state index in [9.17, 15) is 0 Å². The Kier molecular flexibility index (Phi) is 4.22. The number of benzene rings is 1. The van der Waals surface area contributed by atoms with Crippen molar-refractivity contribution in [1.29, 1.82) is 0 Å². The molecule has 0 radical (unpaired) electrons. The van der Waals surface area contributed by atoms with Crippen LogP contribution in [-0.4, -0.2) is 24.9 Å². The molecule has 0 fully saturated rings. The zero-order chi connectivity index (χ0) is 10.6. The molecule has 2 N–H and O–H groups in total. The molecule has 14 heavy (non-hydrogen) atoms. The third-order valence-electron chi connectivity index (χ3n) is 1.75. The lowest BCUT2D eigenvalue weighted by atomic mass is 10.3. The van der Waals surface area contributed by atoms with Crippen molar-refractivity contribution in [2.45, 2.75) is 13.0 Å². The SMILES string of the molecule is COc1ccc(Br)cc1NC[C@@H](C)O. The van der Waals surface area contributed by atoms with E-state index in [4.69, 9.17) is 9.84 Å². The number of hydrogen-bond acceptors (Lipinski definition) is 3. The van der Waals surface area contributed by atoms with Gasteiger partial charge in [-0.2, -0.15) is 0 Å². The standard InChI is InChI=1S/C10H14BrNO2/c1-7(13)6-12-9-5-8(11)3-4-10(9)14-2/h3-5,7,12-13H,6H2,1-2H3/t7-/m1/s1. The number of methoxy groups -OCH3 is 1. The second-order valence-corrected chi connectivity index (χ2v) is 3.99. The third kappa shape index (κ3) is 3.20. The van der Waals surface area contributed by atoms with E-state index in [1.54, 1.807) is 14.0 Å². The Labute approximate surface area is 92.2 Å². The predicted molar refractivity (Wildman–Crippen MR) is 60.9 cm³/mol. The van der Waals surface area contributed by atoms with Crippen LogP contribution in [0.25, 0.3) is 0 Å². The molecule has 78 valence electrons. The highest BCUT2D eigenvalue weighted by Gasteiger charge is 2.03. The Morgan fingerprint density at radius 2 is 2.29 bits per heavy atom. The average molecular weight is 260 g/mol. The van der Waals surface area contributed by atoms with E-state index in [0.29, 0.717) is 6.54 Å². The smallest absolute Gasteiger partial charge is 0.142 e. The minimum Gasteiger partial charge on any atom is -0.495 e. The number of rotatable bonds is 4. The molecular formula is C10H14BrNO2. The van der Waals surface area contributed by atoms with Crippen LogP contribution in [0.4, 0.5) is 5.69 Å². The number of nitrogens with one attached hydrogen (secondary N) is 1. The van der Waals surface area contributed by atoms with E-state index in [1.165, 1.54) is 0 Å². The maximum Gasteiger partial charge on any atom is 0.142 e. The van der Waals surface area contributed by atoms with Crippen LogP contribution in [-0.2, 0) is 0 Å². The summed E-state index contributed by atoms with van der Waals surface area (Å²) in [6.07, 6.45) is -0.376. The number of halogens is 1. The van der Waals surface area contributed by atoms with Crippen molar-refractivity contribution in [2.75, 3.05) is 19.0 Å². The van der Waals surface area contributed by atoms with Crippen LogP contribution in [0.2, 0.25) is 0 Å². The van der Waals surface area contributed by atoms with Gasteiger partial charge < -0.3 is 15.2 Å². The Balaban J connectivity index is 2.77. The topological polar surface area (TPSA) is 41.5 Å². The molecule has 1 atom stereocenters. The van der Waals surface area contributed by atoms with Gasteiger partial charge in [-0.1, -0.05) is 15.9 Å². The van der Waals surface area contributed by atoms with E-state index in [2.05, 4.69) is 21.2 Å². The first-order valence-corrected chi connectivity index (χ1v) is 5.18. The lowest BCUT2D eigenvalue weighted by molar-refractivity contribution is 0.208. The summed E-state index contributed by atoms with van der Waals surface area (Å²) in [5.74, 6) is 0.772. The summed E-state index contributed by atoms with van der Waals surface area (Å²) in [6, 6.07) is 5.70. The Bertz CT molecular complexity index is 302. The fraction of sp³-hybridized carbons (Fsp3) is 0.400. The predicted octanol–water partition coefficient (Wildman–Crippen LogP) is 2.25. The van der Waals surface area contributed by atoms with Gasteiger partial charge >= 0.3 is 0 Å². The second kappa shape index (κ2) is 5.22. The number of aliphatic hydroxyl groups excluding tert-OH is 1. The molecule has 0 aliphatic rings. The van der Waals surface area contributed by atoms with Crippen molar-refractivity contribution in [2.24, 2.45) is 0 Å². The van der Waals surface area contributed by atoms with Gasteiger partial charge in [-0.25, -0.2) is 0 Å². The Hall–Kier alpha value is -0.740. The molecule has 1 aromatic carbocycles. The van der Waals surface area contributed by atoms with E-state index in [1.807, 2.05) is 18.2 Å². The minimum absolute atomic E-state index is 0.376. The summed E-state index contributed by atoms with van der Waals surface area (Å²) in [4.78, 5) is 0. The third-order valence-corrected chi connectivity index (χ3v) is 2.24. The van der Waals surface area contributed by atoms with Gasteiger partial charge in [-0.15, -0.1) is 0 Å². The highest BCUT2D eigenvalue weighted by atomic mass is 79.9. The number of anilines is 1. The van der Waals surface area contributed by atoms with Crippen LogP contribution in [0.3, 0.4) is 0 Å². The summed E-state index contributed by atoms with van der Waals surface area (Å²) >= 11 is 3.37. The number of hydrogen-bond donors (Lipinski definition) is 2. The lowest BCUT2D eigenvalue weighted by Gasteiger charge is -2.12. The fourth-order valence-electron chi connectivity index (χ4n) is 1.08. The summed E-state index contributed by atoms with van der Waals surface area (Å²) in [6.45, 7) is 2.24. The van der Waals surface area contributed by atoms with Crippen molar-refractivity contribution in [3.63, 3.8) is 0 Å². The molecule has 0 unspecified atom stereocenters. The normalized spacial score (nSPS) is 12.3. The molecule has 0 aliphatic heterocycles. The quantitative estimate of drug-likeness (QED) is 0.872. The highest BCUT2D eigenvalue weighted by molar-refractivity contribution is 9.10. The van der Waals surface area contributed by atoms with Crippen LogP contribution in [0.1, 0.15) is 6.92 Å². The minimum atomic E-state index is -0.376. The van der Waals surface area contributed by atoms with Gasteiger partial charge in [-0.3, -0.25) is 0 Å². The van der Waals surface area contributed by atoms with E-state index in [-0.39, 0.29) is 6.10 Å². The van der Waals surface area contributed by atoms with Gasteiger partial charge in [0.05, 0.1) is 18.9 Å². The van der Waals surface area contributed by atoms with Crippen molar-refractivity contribution in [3.8, 4) is 5.75 Å². The van der Waals surface area contributed by atoms with Crippen molar-refractivity contribution in [1.82, 2.24) is 0 Å². The Morgan fingerprint density at radius 1 is 1.57 bits per heavy atom. The summed E-state index contributed by atoms with van der Waals surface area (Å²) in [5, 5.41) is 12.2. The molecule has 0 saturated carbocycles. The van der Waals surface area contributed by atoms with Crippen molar-refractivity contribution >= 4 is 21.6 Å². The molecular weight excluding hydrogens is 246 g/mol. The van der Waals surface area contributed by atoms with Gasteiger partial charge in [-0.05, 0) is 25.1 Å². The van der Waals surface area contributed by atoms with Crippen molar-refractivity contribution < 1.29 is 9.84 Å². The fourth-order valence-corrected chi connectivity index (χ4v) is 1.44. The van der Waals surface area contributed by atoms with Crippen LogP contribution < -0.4 is 10.1 Å². The number of ether oxygens (including phenoxy) is 1. The zero-order valence-corrected chi connectivity index (χ0v) is 9.84. The van der Waals surface area contributed by atoms with Crippen LogP contribution in [0, 0.1) is 0 Å². The van der Waals surface area contributed by atoms with E-state index >= 15 is 0 Å². The molecule has 1 rings (SSSR count). The molecule has 0 bridgehead atoms. The molecule has 0 aromatic heterocycles. The molecule has 4 heteroatoms. The molecule has 0 aliphatic carbocycles. The summed E-state index contributed by atoms with van der Waals surface area (Å²) in [7, 11) is 1.62. The average Bonchev–Trinajstić information content (AvgIpc) is 2.15. The van der Waals surface area contributed by atoms with Crippen LogP contribution in [0.5, 0.6) is 5.75 Å². The maximum absolute atomic E-state index is 9.13. The molecule has 0 saturated heterocycles. The zero-order valence-electron chi connectivity index (χ0n) is 8.25. The first kappa shape index (κ1) is 11.3. The van der Waals surface area contributed by atoms with Gasteiger partial charge in [0.15, 0.2) is 0 Å². The summed E-state index contributed by atoms with van der Waals surface area (Å²) < 4.78 is 6.15. The Morgan fingerprint density at radius 3 is 2.86 bits per heavy atom. The molecule has 0 amide bonds. The first-order valence-electron chi connectivity index (χ1n) is 4.39. The van der Waals surface area contributed by atoms with Crippen molar-refractivity contribution in [3.05, 3.63) is 22.7 Å². The summed E-state index contributed by atoms with van der Waals surface area (Å²) in [5.41, 5.74) is 0.878.